The van der Waals surface area contributed by atoms with Crippen LogP contribution in [0.3, 0.4) is 0 Å². The number of rotatable bonds is 6. The van der Waals surface area contributed by atoms with Gasteiger partial charge in [-0.2, -0.15) is 0 Å². The van der Waals surface area contributed by atoms with Crippen LogP contribution in [0.25, 0.3) is 0 Å². The topological polar surface area (TPSA) is 43.7 Å². The first-order chi connectivity index (χ1) is 7.74. The van der Waals surface area contributed by atoms with Crippen molar-refractivity contribution in [2.45, 2.75) is 19.9 Å². The van der Waals surface area contributed by atoms with Gasteiger partial charge in [0.25, 0.3) is 0 Å². The smallest absolute Gasteiger partial charge is 0.0628 e. The number of nitrogens with zero attached hydrogens (tertiary/aromatic N) is 1. The Hall–Kier alpha value is -0.900. The normalized spacial score (nSPS) is 13.1. The first kappa shape index (κ1) is 13.2. The van der Waals surface area contributed by atoms with Crippen LogP contribution >= 0.6 is 0 Å². The summed E-state index contributed by atoms with van der Waals surface area (Å²) >= 11 is 0. The van der Waals surface area contributed by atoms with Gasteiger partial charge in [-0.05, 0) is 24.6 Å². The van der Waals surface area contributed by atoms with Gasteiger partial charge in [0.1, 0.15) is 0 Å². The van der Waals surface area contributed by atoms with E-state index in [0.29, 0.717) is 6.54 Å². The Bertz CT molecular complexity index is 315. The van der Waals surface area contributed by atoms with Crippen LogP contribution in [0.15, 0.2) is 24.3 Å². The third-order valence-corrected chi connectivity index (χ3v) is 2.95. The molecule has 1 aromatic carbocycles. The van der Waals surface area contributed by atoms with Crippen molar-refractivity contribution in [2.24, 2.45) is 0 Å². The van der Waals surface area contributed by atoms with Gasteiger partial charge in [-0.3, -0.25) is 4.90 Å². The van der Waals surface area contributed by atoms with E-state index in [-0.39, 0.29) is 19.3 Å². The third-order valence-electron chi connectivity index (χ3n) is 2.95. The van der Waals surface area contributed by atoms with Crippen molar-refractivity contribution in [3.63, 3.8) is 0 Å². The van der Waals surface area contributed by atoms with E-state index in [1.54, 1.807) is 0 Å². The minimum atomic E-state index is -0.0154. The summed E-state index contributed by atoms with van der Waals surface area (Å²) in [5, 5.41) is 18.5. The zero-order valence-electron chi connectivity index (χ0n) is 10.1. The molecular formula is C13H21NO2. The molecule has 0 heterocycles. The van der Waals surface area contributed by atoms with Gasteiger partial charge in [0.2, 0.25) is 0 Å². The molecule has 0 amide bonds. The van der Waals surface area contributed by atoms with Gasteiger partial charge < -0.3 is 10.2 Å². The molecule has 0 spiro atoms. The molecule has 1 unspecified atom stereocenters. The van der Waals surface area contributed by atoms with Crippen LogP contribution < -0.4 is 0 Å². The van der Waals surface area contributed by atoms with Gasteiger partial charge in [0, 0.05) is 6.54 Å². The lowest BCUT2D eigenvalue weighted by atomic mass is 10.0. The van der Waals surface area contributed by atoms with Gasteiger partial charge in [-0.1, -0.05) is 31.2 Å². The van der Waals surface area contributed by atoms with Gasteiger partial charge in [-0.15, -0.1) is 0 Å². The standard InChI is InChI=1S/C13H21NO2/c1-3-14(8-9-15)13(10-16)12-7-5-4-6-11(12)2/h4-7,13,15-16H,3,8-10H2,1-2H3. The van der Waals surface area contributed by atoms with Crippen LogP contribution in [0.1, 0.15) is 24.1 Å². The zero-order valence-corrected chi connectivity index (χ0v) is 10.1. The predicted molar refractivity (Wildman–Crippen MR) is 65.3 cm³/mol. The predicted octanol–water partition coefficient (Wildman–Crippen LogP) is 1.34. The molecule has 3 heteroatoms. The fraction of sp³-hybridized carbons (Fsp3) is 0.538. The van der Waals surface area contributed by atoms with Gasteiger partial charge in [0.05, 0.1) is 19.3 Å². The molecule has 0 radical (unpaired) electrons. The molecule has 16 heavy (non-hydrogen) atoms. The fourth-order valence-corrected chi connectivity index (χ4v) is 2.03. The Morgan fingerprint density at radius 2 is 1.94 bits per heavy atom. The number of hydrogen-bond donors (Lipinski definition) is 2. The molecule has 3 nitrogen and oxygen atoms in total. The summed E-state index contributed by atoms with van der Waals surface area (Å²) in [6.45, 7) is 5.70. The molecule has 90 valence electrons. The van der Waals surface area contributed by atoms with Gasteiger partial charge >= 0.3 is 0 Å². The van der Waals surface area contributed by atoms with E-state index in [9.17, 15) is 5.11 Å². The number of hydrogen-bond acceptors (Lipinski definition) is 3. The van der Waals surface area contributed by atoms with Crippen molar-refractivity contribution in [1.29, 1.82) is 0 Å². The molecule has 0 aliphatic heterocycles. The summed E-state index contributed by atoms with van der Waals surface area (Å²) in [6, 6.07) is 8.05. The summed E-state index contributed by atoms with van der Waals surface area (Å²) in [5.74, 6) is 0. The Morgan fingerprint density at radius 3 is 2.44 bits per heavy atom. The lowest BCUT2D eigenvalue weighted by Crippen LogP contribution is -2.33. The molecule has 1 aromatic rings. The molecular weight excluding hydrogens is 202 g/mol. The third kappa shape index (κ3) is 3.04. The summed E-state index contributed by atoms with van der Waals surface area (Å²) < 4.78 is 0. The van der Waals surface area contributed by atoms with Crippen LogP contribution in [0.4, 0.5) is 0 Å². The Kier molecular flexibility index (Phi) is 5.46. The first-order valence-electron chi connectivity index (χ1n) is 5.75. The van der Waals surface area contributed by atoms with Crippen LogP contribution in [-0.2, 0) is 0 Å². The van der Waals surface area contributed by atoms with Crippen LogP contribution in [0.5, 0.6) is 0 Å². The SMILES string of the molecule is CCN(CCO)C(CO)c1ccccc1C. The van der Waals surface area contributed by atoms with Gasteiger partial charge in [0.15, 0.2) is 0 Å². The average Bonchev–Trinajstić information content (AvgIpc) is 2.31. The molecule has 0 fully saturated rings. The maximum atomic E-state index is 9.51. The quantitative estimate of drug-likeness (QED) is 0.765. The van der Waals surface area contributed by atoms with Crippen LogP contribution in [-0.4, -0.2) is 41.4 Å². The lowest BCUT2D eigenvalue weighted by Gasteiger charge is -2.30. The Morgan fingerprint density at radius 1 is 1.25 bits per heavy atom. The fourth-order valence-electron chi connectivity index (χ4n) is 2.03. The molecule has 2 N–H and O–H groups in total. The van der Waals surface area contributed by atoms with Crippen molar-refractivity contribution in [2.75, 3.05) is 26.3 Å². The molecule has 0 aliphatic rings. The van der Waals surface area contributed by atoms with Gasteiger partial charge in [-0.25, -0.2) is 0 Å². The Labute approximate surface area is 97.3 Å². The molecule has 1 rings (SSSR count). The maximum absolute atomic E-state index is 9.51. The zero-order chi connectivity index (χ0) is 12.0. The van der Waals surface area contributed by atoms with Crippen molar-refractivity contribution in [3.8, 4) is 0 Å². The first-order valence-corrected chi connectivity index (χ1v) is 5.75. The largest absolute Gasteiger partial charge is 0.395 e. The summed E-state index contributed by atoms with van der Waals surface area (Å²) in [5.41, 5.74) is 2.32. The van der Waals surface area contributed by atoms with Crippen LogP contribution in [0.2, 0.25) is 0 Å². The van der Waals surface area contributed by atoms with E-state index in [1.165, 1.54) is 5.56 Å². The molecule has 0 saturated carbocycles. The summed E-state index contributed by atoms with van der Waals surface area (Å²) in [7, 11) is 0. The van der Waals surface area contributed by atoms with Crippen molar-refractivity contribution >= 4 is 0 Å². The van der Waals surface area contributed by atoms with E-state index in [4.69, 9.17) is 5.11 Å². The number of likely N-dealkylation sites (N-methyl/N-ethyl adjacent to an activating group) is 1. The van der Waals surface area contributed by atoms with Crippen molar-refractivity contribution in [1.82, 2.24) is 4.90 Å². The second kappa shape index (κ2) is 6.63. The second-order valence-electron chi connectivity index (χ2n) is 3.91. The maximum Gasteiger partial charge on any atom is 0.0628 e. The molecule has 0 saturated heterocycles. The number of aliphatic hydroxyl groups is 2. The van der Waals surface area contributed by atoms with E-state index < -0.39 is 0 Å². The monoisotopic (exact) mass is 223 g/mol. The lowest BCUT2D eigenvalue weighted by molar-refractivity contribution is 0.106. The van der Waals surface area contributed by atoms with E-state index >= 15 is 0 Å². The van der Waals surface area contributed by atoms with E-state index in [0.717, 1.165) is 12.1 Å². The summed E-state index contributed by atoms with van der Waals surface area (Å²) in [4.78, 5) is 2.09. The van der Waals surface area contributed by atoms with E-state index in [2.05, 4.69) is 4.90 Å². The molecule has 0 aliphatic carbocycles. The van der Waals surface area contributed by atoms with Crippen molar-refractivity contribution < 1.29 is 10.2 Å². The number of aliphatic hydroxyl groups excluding tert-OH is 2. The minimum Gasteiger partial charge on any atom is -0.395 e. The Balaban J connectivity index is 2.92. The molecule has 0 bridgehead atoms. The summed E-state index contributed by atoms with van der Waals surface area (Å²) in [6.07, 6.45) is 0. The molecule has 0 aromatic heterocycles. The highest BCUT2D eigenvalue weighted by molar-refractivity contribution is 5.28. The minimum absolute atomic E-state index is 0.0154. The number of aryl methyl sites for hydroxylation is 1. The van der Waals surface area contributed by atoms with Crippen LogP contribution in [0, 0.1) is 6.92 Å². The molecule has 1 atom stereocenters. The van der Waals surface area contributed by atoms with E-state index in [1.807, 2.05) is 38.1 Å². The highest BCUT2D eigenvalue weighted by atomic mass is 16.3. The highest BCUT2D eigenvalue weighted by Crippen LogP contribution is 2.22. The van der Waals surface area contributed by atoms with Crippen molar-refractivity contribution in [3.05, 3.63) is 35.4 Å². The average molecular weight is 223 g/mol. The number of benzene rings is 1. The second-order valence-corrected chi connectivity index (χ2v) is 3.91. The highest BCUT2D eigenvalue weighted by Gasteiger charge is 2.18.